The van der Waals surface area contributed by atoms with Gasteiger partial charge in [-0.3, -0.25) is 4.79 Å². The van der Waals surface area contributed by atoms with Crippen LogP contribution in [-0.2, 0) is 29.5 Å². The van der Waals surface area contributed by atoms with Crippen molar-refractivity contribution in [2.75, 3.05) is 50.0 Å². The van der Waals surface area contributed by atoms with Crippen LogP contribution in [0.4, 0.5) is 21.2 Å². The molecule has 2 aliphatic heterocycles. The SMILES string of the molecule is CC(C)(C)OC(=O)N1CC(CCCNc2cccc(S(=O)(=O)NC(=O)c3ccc(-n4ccc(OCC5C(C)(C)C5(C)C)n4)nc3Cl)n2)CC1(C)C.CC(C)(C)OC(=O)N1CC(CCCNc2cccc(S(N)(=O)=O)n2)CC1(C)C.CC1(C)C(COc2ccn(-c3ccc(C(=O)O)c(Cl)n3)n2)C1(C)C. The van der Waals surface area contributed by atoms with Crippen LogP contribution in [0.15, 0.2) is 95.2 Å². The number of likely N-dealkylation sites (tertiary alicyclic amines) is 2. The first-order chi connectivity index (χ1) is 47.5. The fourth-order valence-electron chi connectivity index (χ4n) is 13.5. The van der Waals surface area contributed by atoms with E-state index in [0.717, 1.165) is 38.5 Å². The Morgan fingerprint density at radius 3 is 1.32 bits per heavy atom. The Kier molecular flexibility index (Phi) is 24.1. The van der Waals surface area contributed by atoms with Gasteiger partial charge in [0.15, 0.2) is 21.7 Å². The van der Waals surface area contributed by atoms with E-state index >= 15 is 0 Å². The zero-order valence-electron chi connectivity index (χ0n) is 62.3. The van der Waals surface area contributed by atoms with Crippen molar-refractivity contribution < 1.29 is 60.1 Å². The predicted molar refractivity (Wildman–Crippen MR) is 393 cm³/mol. The van der Waals surface area contributed by atoms with Crippen molar-refractivity contribution in [2.24, 2.45) is 50.5 Å². The monoisotopic (exact) mass is 1500 g/mol. The molecule has 103 heavy (non-hydrogen) atoms. The van der Waals surface area contributed by atoms with Crippen LogP contribution in [-0.4, -0.2) is 157 Å². The molecule has 0 radical (unpaired) electrons. The molecule has 6 aromatic heterocycles. The molecule has 2 unspecified atom stereocenters. The molecule has 2 saturated heterocycles. The minimum Gasteiger partial charge on any atom is -0.478 e. The Morgan fingerprint density at radius 2 is 0.951 bits per heavy atom. The molecule has 31 heteroatoms. The lowest BCUT2D eigenvalue weighted by atomic mass is 9.93. The number of rotatable bonds is 23. The summed E-state index contributed by atoms with van der Waals surface area (Å²) < 4.78 is 76.9. The number of hydrogen-bond acceptors (Lipinski definition) is 20. The highest BCUT2D eigenvalue weighted by Crippen LogP contribution is 2.69. The molecular weight excluding hydrogens is 1400 g/mol. The minimum atomic E-state index is -4.34. The van der Waals surface area contributed by atoms with Gasteiger partial charge in [-0.15, -0.1) is 10.2 Å². The third-order valence-electron chi connectivity index (χ3n) is 20.8. The second-order valence-corrected chi connectivity index (χ2v) is 36.3. The number of carboxylic acids is 1. The molecule has 10 rings (SSSR count). The Labute approximate surface area is 615 Å². The van der Waals surface area contributed by atoms with Crippen molar-refractivity contribution in [3.05, 3.63) is 107 Å². The number of nitrogens with zero attached hydrogens (tertiary/aromatic N) is 10. The lowest BCUT2D eigenvalue weighted by Gasteiger charge is -2.33. The highest BCUT2D eigenvalue weighted by molar-refractivity contribution is 7.90. The van der Waals surface area contributed by atoms with E-state index in [2.05, 4.69) is 110 Å². The lowest BCUT2D eigenvalue weighted by Crippen LogP contribution is -2.45. The van der Waals surface area contributed by atoms with Crippen LogP contribution in [0.5, 0.6) is 11.8 Å². The molecule has 6 aromatic rings. The van der Waals surface area contributed by atoms with Crippen LogP contribution in [0.2, 0.25) is 10.3 Å². The summed E-state index contributed by atoms with van der Waals surface area (Å²) in [4.78, 5) is 69.4. The zero-order valence-corrected chi connectivity index (χ0v) is 65.5. The number of aromatic carboxylic acids is 1. The first kappa shape index (κ1) is 80.8. The first-order valence-electron chi connectivity index (χ1n) is 34.5. The molecule has 2 aliphatic carbocycles. The predicted octanol–water partition coefficient (Wildman–Crippen LogP) is 13.4. The quantitative estimate of drug-likeness (QED) is 0.0294. The number of pyridine rings is 4. The van der Waals surface area contributed by atoms with Crippen molar-refractivity contribution in [3.63, 3.8) is 0 Å². The third-order valence-corrected chi connectivity index (χ3v) is 23.4. The van der Waals surface area contributed by atoms with Crippen LogP contribution in [0.25, 0.3) is 11.6 Å². The van der Waals surface area contributed by atoms with Gasteiger partial charge in [-0.25, -0.2) is 62.0 Å². The third kappa shape index (κ3) is 20.2. The number of anilines is 2. The average molecular weight is 1510 g/mol. The maximum absolute atomic E-state index is 13.1. The van der Waals surface area contributed by atoms with Crippen molar-refractivity contribution in [1.29, 1.82) is 0 Å². The lowest BCUT2D eigenvalue weighted by molar-refractivity contribution is 0.0118. The number of nitrogens with two attached hydrogens (primary N) is 1. The highest BCUT2D eigenvalue weighted by atomic mass is 35.5. The standard InChI is InChI=1S/C36H50ClN7O6S.C19H32N4O4S.C17H20ClN3O3/c1-33(2,3)50-32(46)43-21-23(20-34(43,4)5)12-11-18-38-26-13-10-14-29(39-26)51(47,48)42-31(45)24-15-16-27(40-30(24)37)44-19-17-28(41-44)49-22-25-35(6,7)36(25,8)9;1-18(2,3)27-17(24)23-13-14(12-19(23,4)5)8-7-11-21-15-9-6-10-16(22-15)28(20,25)26;1-16(2)11(17(16,3)4)9-24-13-7-8-21(20-13)12-6-5-10(15(22)23)14(18)19-12/h10,13-17,19,23,25H,11-12,18,20-22H2,1-9H3,(H,38,39)(H,42,45);6,9-10,14H,7-8,11-13H2,1-5H3,(H,21,22)(H2,20,25,26);5-8,11H,9H2,1-4H3,(H,22,23). The summed E-state index contributed by atoms with van der Waals surface area (Å²) >= 11 is 12.2. The van der Waals surface area contributed by atoms with Crippen LogP contribution in [0, 0.1) is 45.3 Å². The molecule has 8 heterocycles. The smallest absolute Gasteiger partial charge is 0.410 e. The first-order valence-corrected chi connectivity index (χ1v) is 38.3. The number of carbonyl (C=O) groups excluding carboxylic acids is 3. The second-order valence-electron chi connectivity index (χ2n) is 32.4. The highest BCUT2D eigenvalue weighted by Gasteiger charge is 2.65. The molecule has 0 spiro atoms. The Morgan fingerprint density at radius 1 is 0.563 bits per heavy atom. The van der Waals surface area contributed by atoms with Gasteiger partial charge in [-0.05, 0) is 190 Å². The fourth-order valence-corrected chi connectivity index (χ4v) is 15.4. The summed E-state index contributed by atoms with van der Waals surface area (Å²) in [5, 5.41) is 28.4. The number of sulfonamides is 2. The van der Waals surface area contributed by atoms with Gasteiger partial charge in [0.2, 0.25) is 11.8 Å². The number of nitrogens with one attached hydrogen (secondary N) is 3. The molecule has 27 nitrogen and oxygen atoms in total. The fraction of sp³-hybridized carbons (Fsp3) is 0.583. The largest absolute Gasteiger partial charge is 0.478 e. The maximum Gasteiger partial charge on any atom is 0.410 e. The van der Waals surface area contributed by atoms with Gasteiger partial charge in [-0.2, -0.15) is 8.42 Å². The summed E-state index contributed by atoms with van der Waals surface area (Å²) in [5.74, 6) is 2.09. The van der Waals surface area contributed by atoms with Gasteiger partial charge in [-0.1, -0.05) is 90.7 Å². The van der Waals surface area contributed by atoms with E-state index in [1.54, 1.807) is 59.8 Å². The van der Waals surface area contributed by atoms with Crippen LogP contribution in [0.1, 0.15) is 184 Å². The second kappa shape index (κ2) is 30.7. The zero-order chi connectivity index (χ0) is 76.4. The molecule has 2 atom stereocenters. The number of carboxylic acid groups (broad SMARTS) is 1. The number of halogens is 2. The van der Waals surface area contributed by atoms with Gasteiger partial charge >= 0.3 is 18.2 Å². The van der Waals surface area contributed by atoms with E-state index in [0.29, 0.717) is 98.1 Å². The molecule has 6 N–H and O–H groups in total. The van der Waals surface area contributed by atoms with Crippen molar-refractivity contribution in [1.82, 2.24) is 54.0 Å². The minimum absolute atomic E-state index is 0.0396. The Hall–Kier alpha value is -7.86. The summed E-state index contributed by atoms with van der Waals surface area (Å²) in [6.07, 6.45) is 8.07. The summed E-state index contributed by atoms with van der Waals surface area (Å²) in [7, 11) is -8.15. The number of amides is 3. The number of carbonyl (C=O) groups is 4. The van der Waals surface area contributed by atoms with Gasteiger partial charge < -0.3 is 44.5 Å². The van der Waals surface area contributed by atoms with E-state index in [4.69, 9.17) is 52.4 Å². The van der Waals surface area contributed by atoms with E-state index in [9.17, 15) is 36.0 Å². The number of hydrogen-bond donors (Lipinski definition) is 5. The van der Waals surface area contributed by atoms with Crippen molar-refractivity contribution in [3.8, 4) is 23.4 Å². The molecule has 0 bridgehead atoms. The van der Waals surface area contributed by atoms with Gasteiger partial charge in [0.05, 0.1) is 24.3 Å². The van der Waals surface area contributed by atoms with E-state index in [1.165, 1.54) is 39.7 Å². The number of aromatic nitrogens is 8. The van der Waals surface area contributed by atoms with E-state index < -0.39 is 43.1 Å². The molecule has 4 fully saturated rings. The Balaban J connectivity index is 0.000000217. The van der Waals surface area contributed by atoms with Gasteiger partial charge in [0.1, 0.15) is 33.1 Å². The van der Waals surface area contributed by atoms with Crippen molar-refractivity contribution >= 4 is 78.9 Å². The summed E-state index contributed by atoms with van der Waals surface area (Å²) in [6, 6.07) is 18.5. The molecular formula is C72H102Cl2N14O13S2. The van der Waals surface area contributed by atoms with E-state index in [1.807, 2.05) is 65.0 Å². The van der Waals surface area contributed by atoms with Crippen LogP contribution in [0.3, 0.4) is 0 Å². The number of primary sulfonamides is 1. The molecule has 4 aliphatic rings. The number of ether oxygens (including phenoxy) is 4. The van der Waals surface area contributed by atoms with Crippen molar-refractivity contribution in [2.45, 2.75) is 195 Å². The average Bonchev–Trinajstić information content (AvgIpc) is 1.55. The molecule has 0 aromatic carbocycles. The maximum atomic E-state index is 13.1. The molecule has 564 valence electrons. The van der Waals surface area contributed by atoms with Gasteiger partial charge in [0, 0.05) is 73.6 Å². The van der Waals surface area contributed by atoms with Crippen LogP contribution < -0.4 is 30.0 Å². The Bertz CT molecular complexity index is 4270. The van der Waals surface area contributed by atoms with E-state index in [-0.39, 0.29) is 76.4 Å². The summed E-state index contributed by atoms with van der Waals surface area (Å²) in [6.45, 7) is 41.0. The molecule has 2 saturated carbocycles. The molecule has 3 amide bonds. The van der Waals surface area contributed by atoms with Gasteiger partial charge in [0.25, 0.3) is 26.0 Å². The van der Waals surface area contributed by atoms with Crippen LogP contribution >= 0.6 is 23.2 Å². The topological polar surface area (TPSA) is 350 Å². The summed E-state index contributed by atoms with van der Waals surface area (Å²) in [5.41, 5.74) is -0.865. The normalized spacial score (nSPS) is 19.2.